The molecule has 0 aliphatic carbocycles. The third kappa shape index (κ3) is 3.31. The van der Waals surface area contributed by atoms with Gasteiger partial charge in [0.25, 0.3) is 5.91 Å². The summed E-state index contributed by atoms with van der Waals surface area (Å²) in [6.45, 7) is 3.15. The van der Waals surface area contributed by atoms with Gasteiger partial charge in [0.05, 0.1) is 11.7 Å². The normalized spacial score (nSPS) is 17.9. The van der Waals surface area contributed by atoms with Crippen molar-refractivity contribution in [1.29, 1.82) is 0 Å². The highest BCUT2D eigenvalue weighted by atomic mass is 32.1. The van der Waals surface area contributed by atoms with Crippen molar-refractivity contribution in [3.05, 3.63) is 46.5 Å². The zero-order valence-electron chi connectivity index (χ0n) is 12.1. The Kier molecular flexibility index (Phi) is 4.31. The van der Waals surface area contributed by atoms with E-state index < -0.39 is 0 Å². The molecule has 0 radical (unpaired) electrons. The number of rotatable bonds is 4. The van der Waals surface area contributed by atoms with Crippen molar-refractivity contribution in [2.45, 2.75) is 32.2 Å². The molecule has 1 amide bonds. The van der Waals surface area contributed by atoms with Crippen molar-refractivity contribution >= 4 is 22.4 Å². The summed E-state index contributed by atoms with van der Waals surface area (Å²) in [5.41, 5.74) is 2.94. The van der Waals surface area contributed by atoms with Crippen molar-refractivity contribution < 1.29 is 4.79 Å². The van der Waals surface area contributed by atoms with Crippen LogP contribution < -0.4 is 10.6 Å². The van der Waals surface area contributed by atoms with E-state index in [4.69, 9.17) is 0 Å². The van der Waals surface area contributed by atoms with Gasteiger partial charge >= 0.3 is 0 Å². The maximum absolute atomic E-state index is 12.2. The highest BCUT2D eigenvalue weighted by molar-refractivity contribution is 7.14. The van der Waals surface area contributed by atoms with E-state index in [-0.39, 0.29) is 5.91 Å². The van der Waals surface area contributed by atoms with E-state index in [1.165, 1.54) is 23.3 Å². The maximum atomic E-state index is 12.2. The lowest BCUT2D eigenvalue weighted by Crippen LogP contribution is -2.14. The number of aromatic nitrogens is 1. The second-order valence-corrected chi connectivity index (χ2v) is 6.09. The van der Waals surface area contributed by atoms with Gasteiger partial charge in [0, 0.05) is 10.9 Å². The summed E-state index contributed by atoms with van der Waals surface area (Å²) in [6.07, 6.45) is 3.29. The third-order valence-electron chi connectivity index (χ3n) is 3.78. The molecule has 1 aromatic carbocycles. The first-order valence-electron chi connectivity index (χ1n) is 7.35. The van der Waals surface area contributed by atoms with Crippen molar-refractivity contribution in [2.75, 3.05) is 11.9 Å². The van der Waals surface area contributed by atoms with Crippen LogP contribution >= 0.6 is 11.3 Å². The largest absolute Gasteiger partial charge is 0.309 e. The number of hydrogen-bond donors (Lipinski definition) is 2. The smallest absolute Gasteiger partial charge is 0.257 e. The second-order valence-electron chi connectivity index (χ2n) is 5.23. The monoisotopic (exact) mass is 301 g/mol. The minimum atomic E-state index is -0.0991. The first-order chi connectivity index (χ1) is 10.3. The molecular weight excluding hydrogens is 282 g/mol. The van der Waals surface area contributed by atoms with Crippen LogP contribution in [0.2, 0.25) is 0 Å². The van der Waals surface area contributed by atoms with E-state index in [0.717, 1.165) is 25.1 Å². The molecule has 1 aromatic heterocycles. The molecule has 1 aliphatic rings. The molecule has 1 atom stereocenters. The summed E-state index contributed by atoms with van der Waals surface area (Å²) in [5, 5.41) is 8.99. The fourth-order valence-corrected chi connectivity index (χ4v) is 3.26. The fraction of sp³-hybridized carbons (Fsp3) is 0.375. The highest BCUT2D eigenvalue weighted by Crippen LogP contribution is 2.26. The van der Waals surface area contributed by atoms with Gasteiger partial charge < -0.3 is 5.32 Å². The molecule has 1 saturated heterocycles. The van der Waals surface area contributed by atoms with Gasteiger partial charge in [0.1, 0.15) is 0 Å². The van der Waals surface area contributed by atoms with E-state index in [9.17, 15) is 4.79 Å². The standard InChI is InChI=1S/C16H19N3OS/c1-2-11-5-7-12(8-6-11)15(20)19-16-18-14(10-21-16)13-4-3-9-17-13/h5-8,10,13,17H,2-4,9H2,1H3,(H,18,19,20)/t13-/m0/s1. The summed E-state index contributed by atoms with van der Waals surface area (Å²) in [7, 11) is 0. The lowest BCUT2D eigenvalue weighted by Gasteiger charge is -2.05. The molecular formula is C16H19N3OS. The number of nitrogens with zero attached hydrogens (tertiary/aromatic N) is 1. The van der Waals surface area contributed by atoms with Gasteiger partial charge in [-0.05, 0) is 43.5 Å². The molecule has 21 heavy (non-hydrogen) atoms. The van der Waals surface area contributed by atoms with Gasteiger partial charge in [-0.1, -0.05) is 19.1 Å². The van der Waals surface area contributed by atoms with Crippen molar-refractivity contribution in [3.63, 3.8) is 0 Å². The molecule has 2 heterocycles. The van der Waals surface area contributed by atoms with E-state index in [1.807, 2.05) is 29.6 Å². The summed E-state index contributed by atoms with van der Waals surface area (Å²) >= 11 is 1.48. The van der Waals surface area contributed by atoms with Crippen LogP contribution in [0.5, 0.6) is 0 Å². The highest BCUT2D eigenvalue weighted by Gasteiger charge is 2.19. The van der Waals surface area contributed by atoms with Gasteiger partial charge in [0.15, 0.2) is 5.13 Å². The molecule has 110 valence electrons. The van der Waals surface area contributed by atoms with Gasteiger partial charge in [0.2, 0.25) is 0 Å². The average Bonchev–Trinajstić information content (AvgIpc) is 3.18. The average molecular weight is 301 g/mol. The number of thiazole rings is 1. The maximum Gasteiger partial charge on any atom is 0.257 e. The molecule has 2 N–H and O–H groups in total. The third-order valence-corrected chi connectivity index (χ3v) is 4.56. The van der Waals surface area contributed by atoms with Gasteiger partial charge in [-0.3, -0.25) is 10.1 Å². The Bertz CT molecular complexity index is 615. The van der Waals surface area contributed by atoms with Crippen LogP contribution in [0, 0.1) is 0 Å². The Hall–Kier alpha value is -1.72. The van der Waals surface area contributed by atoms with Crippen LogP contribution in [0.25, 0.3) is 0 Å². The molecule has 1 fully saturated rings. The number of hydrogen-bond acceptors (Lipinski definition) is 4. The van der Waals surface area contributed by atoms with E-state index >= 15 is 0 Å². The van der Waals surface area contributed by atoms with Crippen LogP contribution in [-0.4, -0.2) is 17.4 Å². The fourth-order valence-electron chi connectivity index (χ4n) is 2.50. The first kappa shape index (κ1) is 14.2. The van der Waals surface area contributed by atoms with Crippen molar-refractivity contribution in [1.82, 2.24) is 10.3 Å². The Morgan fingerprint density at radius 1 is 1.43 bits per heavy atom. The molecule has 5 heteroatoms. The molecule has 2 aromatic rings. The Morgan fingerprint density at radius 2 is 2.24 bits per heavy atom. The number of benzene rings is 1. The zero-order chi connectivity index (χ0) is 14.7. The molecule has 0 bridgehead atoms. The summed E-state index contributed by atoms with van der Waals surface area (Å²) in [4.78, 5) is 16.7. The quantitative estimate of drug-likeness (QED) is 0.910. The molecule has 0 saturated carbocycles. The Balaban J connectivity index is 1.66. The van der Waals surface area contributed by atoms with E-state index in [0.29, 0.717) is 16.7 Å². The van der Waals surface area contributed by atoms with Crippen molar-refractivity contribution in [2.24, 2.45) is 0 Å². The Labute approximate surface area is 128 Å². The molecule has 0 spiro atoms. The number of aryl methyl sites for hydroxylation is 1. The SMILES string of the molecule is CCc1ccc(C(=O)Nc2nc([C@@H]3CCCN3)cs2)cc1. The Morgan fingerprint density at radius 3 is 2.90 bits per heavy atom. The lowest BCUT2D eigenvalue weighted by atomic mass is 10.1. The molecule has 0 unspecified atom stereocenters. The number of carbonyl (C=O) groups excluding carboxylic acids is 1. The molecule has 3 rings (SSSR count). The van der Waals surface area contributed by atoms with Crippen molar-refractivity contribution in [3.8, 4) is 0 Å². The van der Waals surface area contributed by atoms with E-state index in [2.05, 4.69) is 22.5 Å². The summed E-state index contributed by atoms with van der Waals surface area (Å²) in [6, 6.07) is 8.05. The minimum Gasteiger partial charge on any atom is -0.309 e. The number of carbonyl (C=O) groups is 1. The molecule has 1 aliphatic heterocycles. The number of amides is 1. The lowest BCUT2D eigenvalue weighted by molar-refractivity contribution is 0.102. The predicted octanol–water partition coefficient (Wildman–Crippen LogP) is 3.38. The molecule has 4 nitrogen and oxygen atoms in total. The van der Waals surface area contributed by atoms with Crippen LogP contribution in [0.1, 0.15) is 47.4 Å². The number of nitrogens with one attached hydrogen (secondary N) is 2. The van der Waals surface area contributed by atoms with Crippen LogP contribution in [0.4, 0.5) is 5.13 Å². The van der Waals surface area contributed by atoms with Gasteiger partial charge in [-0.15, -0.1) is 11.3 Å². The summed E-state index contributed by atoms with van der Waals surface area (Å²) in [5.74, 6) is -0.0991. The first-order valence-corrected chi connectivity index (χ1v) is 8.23. The van der Waals surface area contributed by atoms with Crippen LogP contribution in [0.15, 0.2) is 29.6 Å². The van der Waals surface area contributed by atoms with E-state index in [1.54, 1.807) is 0 Å². The minimum absolute atomic E-state index is 0.0991. The zero-order valence-corrected chi connectivity index (χ0v) is 12.9. The van der Waals surface area contributed by atoms with Crippen LogP contribution in [-0.2, 0) is 6.42 Å². The van der Waals surface area contributed by atoms with Gasteiger partial charge in [-0.25, -0.2) is 4.98 Å². The summed E-state index contributed by atoms with van der Waals surface area (Å²) < 4.78 is 0. The topological polar surface area (TPSA) is 54.0 Å². The van der Waals surface area contributed by atoms with Gasteiger partial charge in [-0.2, -0.15) is 0 Å². The second kappa shape index (κ2) is 6.37. The number of anilines is 1. The van der Waals surface area contributed by atoms with Crippen LogP contribution in [0.3, 0.4) is 0 Å². The predicted molar refractivity (Wildman–Crippen MR) is 85.9 cm³/mol.